The molecular weight excluding hydrogens is 487 g/mol. The maximum absolute atomic E-state index is 14.0. The van der Waals surface area contributed by atoms with Crippen LogP contribution in [0.25, 0.3) is 10.9 Å². The van der Waals surface area contributed by atoms with Crippen LogP contribution in [0.3, 0.4) is 0 Å². The van der Waals surface area contributed by atoms with E-state index in [2.05, 4.69) is 15.2 Å². The second kappa shape index (κ2) is 9.43. The van der Waals surface area contributed by atoms with Gasteiger partial charge in [0.2, 0.25) is 5.91 Å². The number of sulfone groups is 1. The molecule has 182 valence electrons. The van der Waals surface area contributed by atoms with Gasteiger partial charge in [0.15, 0.2) is 9.84 Å². The van der Waals surface area contributed by atoms with E-state index >= 15 is 0 Å². The molecule has 1 saturated heterocycles. The molecule has 7 nitrogen and oxygen atoms in total. The fraction of sp³-hybridized carbons (Fsp3) is 0.280. The van der Waals surface area contributed by atoms with E-state index in [1.54, 1.807) is 53.5 Å². The van der Waals surface area contributed by atoms with Gasteiger partial charge in [-0.25, -0.2) is 17.8 Å². The number of hydrogen-bond acceptors (Lipinski definition) is 6. The second-order valence-electron chi connectivity index (χ2n) is 8.77. The van der Waals surface area contributed by atoms with Crippen molar-refractivity contribution < 1.29 is 17.6 Å². The highest BCUT2D eigenvalue weighted by Gasteiger charge is 2.28. The largest absolute Gasteiger partial charge is 0.371 e. The Morgan fingerprint density at radius 3 is 2.69 bits per heavy atom. The lowest BCUT2D eigenvalue weighted by molar-refractivity contribution is -0.124. The summed E-state index contributed by atoms with van der Waals surface area (Å²) < 4.78 is 40.9. The number of anilines is 1. The Labute approximate surface area is 207 Å². The maximum Gasteiger partial charge on any atom is 0.242 e. The lowest BCUT2D eigenvalue weighted by Crippen LogP contribution is -2.52. The van der Waals surface area contributed by atoms with Gasteiger partial charge in [-0.1, -0.05) is 6.07 Å². The van der Waals surface area contributed by atoms with Crippen LogP contribution in [-0.4, -0.2) is 43.5 Å². The summed E-state index contributed by atoms with van der Waals surface area (Å²) in [4.78, 5) is 19.2. The number of benzene rings is 2. The van der Waals surface area contributed by atoms with Gasteiger partial charge in [0, 0.05) is 54.4 Å². The van der Waals surface area contributed by atoms with E-state index < -0.39 is 15.9 Å². The molecule has 0 bridgehead atoms. The van der Waals surface area contributed by atoms with Crippen molar-refractivity contribution in [3.63, 3.8) is 0 Å². The van der Waals surface area contributed by atoms with E-state index in [0.717, 1.165) is 18.8 Å². The molecule has 10 heteroatoms. The predicted octanol–water partition coefficient (Wildman–Crippen LogP) is 4.02. The van der Waals surface area contributed by atoms with E-state index in [-0.39, 0.29) is 22.4 Å². The highest BCUT2D eigenvalue weighted by molar-refractivity contribution is 7.90. The van der Waals surface area contributed by atoms with Gasteiger partial charge < -0.3 is 14.8 Å². The van der Waals surface area contributed by atoms with Gasteiger partial charge in [-0.05, 0) is 49.4 Å². The molecule has 4 aromatic rings. The predicted molar refractivity (Wildman–Crippen MR) is 135 cm³/mol. The van der Waals surface area contributed by atoms with E-state index in [4.69, 9.17) is 0 Å². The minimum Gasteiger partial charge on any atom is -0.371 e. The normalized spacial score (nSPS) is 15.2. The van der Waals surface area contributed by atoms with Crippen LogP contribution in [0.15, 0.2) is 71.2 Å². The molecule has 1 fully saturated rings. The van der Waals surface area contributed by atoms with Crippen molar-refractivity contribution in [3.8, 4) is 0 Å². The minimum atomic E-state index is -3.43. The molecule has 1 atom stereocenters. The van der Waals surface area contributed by atoms with Gasteiger partial charge in [-0.3, -0.25) is 4.79 Å². The quantitative estimate of drug-likeness (QED) is 0.386. The molecule has 5 rings (SSSR count). The Morgan fingerprint density at radius 1 is 1.20 bits per heavy atom. The first-order chi connectivity index (χ1) is 16.8. The minimum absolute atomic E-state index is 0.0956. The number of carbonyl (C=O) groups is 1. The summed E-state index contributed by atoms with van der Waals surface area (Å²) in [5.41, 5.74) is 1.65. The fourth-order valence-electron chi connectivity index (χ4n) is 4.35. The number of amides is 1. The number of nitrogens with zero attached hydrogens (tertiary/aromatic N) is 3. The van der Waals surface area contributed by atoms with E-state index in [0.29, 0.717) is 28.4 Å². The van der Waals surface area contributed by atoms with Crippen LogP contribution in [0.2, 0.25) is 0 Å². The van der Waals surface area contributed by atoms with Crippen LogP contribution in [0.1, 0.15) is 18.0 Å². The fourth-order valence-corrected chi connectivity index (χ4v) is 6.61. The number of carbonyl (C=O) groups excluding carboxylic acids is 1. The lowest BCUT2D eigenvalue weighted by atomic mass is 9.99. The molecule has 1 N–H and O–H groups in total. The Kier molecular flexibility index (Phi) is 6.33. The van der Waals surface area contributed by atoms with Gasteiger partial charge in [-0.15, -0.1) is 11.3 Å². The van der Waals surface area contributed by atoms with Crippen LogP contribution in [0.5, 0.6) is 0 Å². The first-order valence-electron chi connectivity index (χ1n) is 11.3. The molecule has 0 radical (unpaired) electrons. The monoisotopic (exact) mass is 512 g/mol. The molecule has 2 aromatic carbocycles. The second-order valence-corrected chi connectivity index (χ2v) is 11.7. The SMILES string of the molecule is C[C@@H](C(=O)NCC1CN(c2ccc(S(=O)(=O)Cc3nccs3)cc2)C1)n1ccc2c(F)cccc21. The Hall–Kier alpha value is -3.24. The number of fused-ring (bicyclic) bond motifs is 1. The van der Waals surface area contributed by atoms with Gasteiger partial charge in [0.25, 0.3) is 0 Å². The zero-order valence-corrected chi connectivity index (χ0v) is 20.7. The smallest absolute Gasteiger partial charge is 0.242 e. The summed E-state index contributed by atoms with van der Waals surface area (Å²) >= 11 is 1.33. The molecule has 35 heavy (non-hydrogen) atoms. The standard InChI is InChI=1S/C25H25FN4O3S2/c1-17(30-11-9-21-22(26)3-2-4-23(21)30)25(31)28-13-18-14-29(15-18)19-5-7-20(8-6-19)35(32,33)16-24-27-10-12-34-24/h2-12,17-18H,13-16H2,1H3,(H,28,31)/t17-/m0/s1. The molecule has 2 aromatic heterocycles. The van der Waals surface area contributed by atoms with Crippen molar-refractivity contribution in [2.45, 2.75) is 23.6 Å². The summed E-state index contributed by atoms with van der Waals surface area (Å²) in [6.45, 7) is 3.90. The third kappa shape index (κ3) is 4.81. The van der Waals surface area contributed by atoms with Crippen LogP contribution in [-0.2, 0) is 20.4 Å². The van der Waals surface area contributed by atoms with Crippen LogP contribution in [0, 0.1) is 11.7 Å². The first kappa shape index (κ1) is 23.5. The molecular formula is C25H25FN4O3S2. The molecule has 0 spiro atoms. The van der Waals surface area contributed by atoms with Crippen LogP contribution in [0.4, 0.5) is 10.1 Å². The van der Waals surface area contributed by atoms with Gasteiger partial charge in [0.1, 0.15) is 22.6 Å². The van der Waals surface area contributed by atoms with Crippen LogP contribution < -0.4 is 10.2 Å². The summed E-state index contributed by atoms with van der Waals surface area (Å²) in [6.07, 6.45) is 3.34. The Bertz CT molecular complexity index is 1440. The number of hydrogen-bond donors (Lipinski definition) is 1. The highest BCUT2D eigenvalue weighted by atomic mass is 32.2. The summed E-state index contributed by atoms with van der Waals surface area (Å²) in [7, 11) is -3.43. The van der Waals surface area contributed by atoms with E-state index in [1.807, 2.05) is 18.2 Å². The third-order valence-corrected chi connectivity index (χ3v) is 8.99. The van der Waals surface area contributed by atoms with Gasteiger partial charge >= 0.3 is 0 Å². The molecule has 0 aliphatic carbocycles. The Balaban J connectivity index is 1.13. The molecule has 3 heterocycles. The van der Waals surface area contributed by atoms with Crippen molar-refractivity contribution in [2.75, 3.05) is 24.5 Å². The van der Waals surface area contributed by atoms with Gasteiger partial charge in [-0.2, -0.15) is 0 Å². The highest BCUT2D eigenvalue weighted by Crippen LogP contribution is 2.27. The average Bonchev–Trinajstić information content (AvgIpc) is 3.48. The van der Waals surface area contributed by atoms with Crippen molar-refractivity contribution in [1.29, 1.82) is 0 Å². The topological polar surface area (TPSA) is 84.3 Å². The molecule has 0 saturated carbocycles. The molecule has 1 aliphatic rings. The maximum atomic E-state index is 14.0. The van der Waals surface area contributed by atoms with Crippen LogP contribution >= 0.6 is 11.3 Å². The zero-order chi connectivity index (χ0) is 24.6. The number of halogens is 1. The zero-order valence-electron chi connectivity index (χ0n) is 19.1. The third-order valence-electron chi connectivity index (χ3n) is 6.39. The van der Waals surface area contributed by atoms with Crippen molar-refractivity contribution >= 4 is 43.7 Å². The summed E-state index contributed by atoms with van der Waals surface area (Å²) in [5, 5.41) is 5.85. The van der Waals surface area contributed by atoms with Crippen molar-refractivity contribution in [3.05, 3.63) is 77.1 Å². The van der Waals surface area contributed by atoms with Crippen molar-refractivity contribution in [1.82, 2.24) is 14.9 Å². The number of rotatable bonds is 8. The van der Waals surface area contributed by atoms with E-state index in [1.165, 1.54) is 17.4 Å². The molecule has 0 unspecified atom stereocenters. The number of thiazole rings is 1. The van der Waals surface area contributed by atoms with Gasteiger partial charge in [0.05, 0.1) is 10.4 Å². The van der Waals surface area contributed by atoms with Crippen molar-refractivity contribution in [2.24, 2.45) is 5.92 Å². The summed E-state index contributed by atoms with van der Waals surface area (Å²) in [5.74, 6) is -0.200. The summed E-state index contributed by atoms with van der Waals surface area (Å²) in [6, 6.07) is 13.0. The average molecular weight is 513 g/mol. The molecule has 1 aliphatic heterocycles. The lowest BCUT2D eigenvalue weighted by Gasteiger charge is -2.41. The Morgan fingerprint density at radius 2 is 1.97 bits per heavy atom. The first-order valence-corrected chi connectivity index (χ1v) is 13.8. The van der Waals surface area contributed by atoms with E-state index in [9.17, 15) is 17.6 Å². The number of nitrogens with one attached hydrogen (secondary N) is 1. The molecule has 1 amide bonds. The number of aromatic nitrogens is 2.